The van der Waals surface area contributed by atoms with E-state index in [4.69, 9.17) is 10.7 Å². The van der Waals surface area contributed by atoms with Crippen LogP contribution in [-0.2, 0) is 9.24 Å². The number of anilines is 1. The molecule has 0 fully saturated rings. The number of halogens is 2. The minimum absolute atomic E-state index is 0.188. The first-order chi connectivity index (χ1) is 5.47. The summed E-state index contributed by atoms with van der Waals surface area (Å²) < 4.78 is 23.8. The maximum Gasteiger partial charge on any atom is 0.320 e. The number of aromatic nitrogens is 1. The molecule has 0 aliphatic carbocycles. The van der Waals surface area contributed by atoms with E-state index in [-0.39, 0.29) is 5.82 Å². The highest BCUT2D eigenvalue weighted by Gasteiger charge is 2.04. The van der Waals surface area contributed by atoms with E-state index in [9.17, 15) is 8.42 Å². The molecule has 0 amide bonds. The van der Waals surface area contributed by atoms with E-state index < -0.39 is 9.24 Å². The van der Waals surface area contributed by atoms with Crippen molar-refractivity contribution in [2.45, 2.75) is 0 Å². The number of hydrogen-bond donors (Lipinski definition) is 1. The maximum absolute atomic E-state index is 10.5. The Balaban J connectivity index is 2.85. The van der Waals surface area contributed by atoms with Gasteiger partial charge in [0.25, 0.3) is 0 Å². The third-order valence-electron chi connectivity index (χ3n) is 0.954. The lowest BCUT2D eigenvalue weighted by molar-refractivity contribution is 0.614. The van der Waals surface area contributed by atoms with Gasteiger partial charge in [0.1, 0.15) is 5.82 Å². The molecule has 0 saturated heterocycles. The molecule has 0 saturated carbocycles. The SMILES string of the molecule is O=S(=O)(Cl)Nc1ccc(Br)cn1. The molecule has 1 rings (SSSR count). The van der Waals surface area contributed by atoms with Crippen LogP contribution < -0.4 is 4.72 Å². The van der Waals surface area contributed by atoms with Crippen molar-refractivity contribution in [3.05, 3.63) is 22.8 Å². The minimum atomic E-state index is -3.75. The zero-order valence-corrected chi connectivity index (χ0v) is 8.82. The first-order valence-corrected chi connectivity index (χ1v) is 5.91. The van der Waals surface area contributed by atoms with Gasteiger partial charge >= 0.3 is 9.24 Å². The van der Waals surface area contributed by atoms with Gasteiger partial charge < -0.3 is 0 Å². The summed E-state index contributed by atoms with van der Waals surface area (Å²) in [7, 11) is 1.17. The molecule has 1 aromatic rings. The number of pyridine rings is 1. The van der Waals surface area contributed by atoms with Crippen molar-refractivity contribution < 1.29 is 8.42 Å². The topological polar surface area (TPSA) is 59.1 Å². The summed E-state index contributed by atoms with van der Waals surface area (Å²) >= 11 is 3.15. The van der Waals surface area contributed by atoms with Crippen molar-refractivity contribution in [3.63, 3.8) is 0 Å². The molecule has 0 radical (unpaired) electrons. The van der Waals surface area contributed by atoms with Crippen LogP contribution in [0.4, 0.5) is 5.82 Å². The van der Waals surface area contributed by atoms with Gasteiger partial charge in [-0.1, -0.05) is 0 Å². The number of hydrogen-bond acceptors (Lipinski definition) is 3. The largest absolute Gasteiger partial charge is 0.320 e. The van der Waals surface area contributed by atoms with Crippen LogP contribution in [0, 0.1) is 0 Å². The monoisotopic (exact) mass is 270 g/mol. The molecule has 0 aliphatic rings. The molecule has 66 valence electrons. The van der Waals surface area contributed by atoms with Crippen molar-refractivity contribution in [3.8, 4) is 0 Å². The second kappa shape index (κ2) is 3.59. The van der Waals surface area contributed by atoms with Crippen LogP contribution in [0.25, 0.3) is 0 Å². The normalized spacial score (nSPS) is 11.2. The Labute approximate surface area is 82.6 Å². The Morgan fingerprint density at radius 2 is 2.17 bits per heavy atom. The Morgan fingerprint density at radius 1 is 1.50 bits per heavy atom. The third-order valence-corrected chi connectivity index (χ3v) is 2.11. The fraction of sp³-hybridized carbons (Fsp3) is 0. The van der Waals surface area contributed by atoms with Crippen LogP contribution in [0.15, 0.2) is 22.8 Å². The first kappa shape index (κ1) is 9.76. The van der Waals surface area contributed by atoms with Crippen molar-refractivity contribution in [2.75, 3.05) is 4.72 Å². The molecule has 1 heterocycles. The summed E-state index contributed by atoms with van der Waals surface area (Å²) in [5.74, 6) is 0.188. The molecular weight excluding hydrogens is 267 g/mol. The lowest BCUT2D eigenvalue weighted by Gasteiger charge is -1.99. The second-order valence-corrected chi connectivity index (χ2v) is 5.12. The quantitative estimate of drug-likeness (QED) is 0.834. The number of nitrogens with one attached hydrogen (secondary N) is 1. The van der Waals surface area contributed by atoms with Gasteiger partial charge in [0, 0.05) is 21.4 Å². The van der Waals surface area contributed by atoms with E-state index in [1.807, 2.05) is 4.72 Å². The van der Waals surface area contributed by atoms with Gasteiger partial charge in [-0.15, -0.1) is 0 Å². The van der Waals surface area contributed by atoms with Gasteiger partial charge in [-0.05, 0) is 28.1 Å². The van der Waals surface area contributed by atoms with Gasteiger partial charge in [-0.25, -0.2) is 4.98 Å². The van der Waals surface area contributed by atoms with E-state index in [2.05, 4.69) is 20.9 Å². The molecule has 4 nitrogen and oxygen atoms in total. The van der Waals surface area contributed by atoms with Crippen molar-refractivity contribution in [1.29, 1.82) is 0 Å². The Bertz CT molecular complexity index is 364. The summed E-state index contributed by atoms with van der Waals surface area (Å²) in [6, 6.07) is 3.14. The van der Waals surface area contributed by atoms with Gasteiger partial charge in [0.15, 0.2) is 0 Å². The molecule has 0 spiro atoms. The van der Waals surface area contributed by atoms with Gasteiger partial charge in [-0.2, -0.15) is 8.42 Å². The second-order valence-electron chi connectivity index (χ2n) is 1.90. The smallest absolute Gasteiger partial charge is 0.254 e. The molecule has 0 atom stereocenters. The van der Waals surface area contributed by atoms with E-state index in [0.717, 1.165) is 4.47 Å². The summed E-state index contributed by atoms with van der Waals surface area (Å²) in [5.41, 5.74) is 0. The lowest BCUT2D eigenvalue weighted by Crippen LogP contribution is -2.05. The fourth-order valence-electron chi connectivity index (χ4n) is 0.561. The van der Waals surface area contributed by atoms with E-state index >= 15 is 0 Å². The molecule has 0 bridgehead atoms. The molecule has 7 heteroatoms. The fourth-order valence-corrected chi connectivity index (χ4v) is 1.40. The molecule has 1 aromatic heterocycles. The predicted octanol–water partition coefficient (Wildman–Crippen LogP) is 1.74. The summed E-state index contributed by atoms with van der Waals surface area (Å²) in [6.07, 6.45) is 1.46. The summed E-state index contributed by atoms with van der Waals surface area (Å²) in [5, 5.41) is 0. The van der Waals surface area contributed by atoms with E-state index in [1.165, 1.54) is 12.3 Å². The van der Waals surface area contributed by atoms with Crippen molar-refractivity contribution in [2.24, 2.45) is 0 Å². The zero-order chi connectivity index (χ0) is 9.19. The Hall–Kier alpha value is -0.330. The number of rotatable bonds is 2. The van der Waals surface area contributed by atoms with E-state index in [0.29, 0.717) is 0 Å². The zero-order valence-electron chi connectivity index (χ0n) is 5.66. The van der Waals surface area contributed by atoms with Crippen LogP contribution in [0.1, 0.15) is 0 Å². The highest BCUT2D eigenvalue weighted by atomic mass is 79.9. The van der Waals surface area contributed by atoms with Gasteiger partial charge in [0.05, 0.1) is 0 Å². The standard InChI is InChI=1S/C5H4BrClN2O2S/c6-4-1-2-5(8-3-4)9-12(7,10)11/h1-3H,(H,8,9). The third kappa shape index (κ3) is 3.38. The maximum atomic E-state index is 10.5. The Morgan fingerprint density at radius 3 is 2.58 bits per heavy atom. The molecule has 0 aliphatic heterocycles. The first-order valence-electron chi connectivity index (χ1n) is 2.81. The number of nitrogens with zero attached hydrogens (tertiary/aromatic N) is 1. The van der Waals surface area contributed by atoms with Gasteiger partial charge in [0.2, 0.25) is 0 Å². The van der Waals surface area contributed by atoms with Crippen molar-refractivity contribution >= 4 is 41.7 Å². The van der Waals surface area contributed by atoms with Crippen LogP contribution in [-0.4, -0.2) is 13.4 Å². The van der Waals surface area contributed by atoms with Crippen LogP contribution in [0.3, 0.4) is 0 Å². The van der Waals surface area contributed by atoms with Crippen LogP contribution in [0.5, 0.6) is 0 Å². The summed E-state index contributed by atoms with van der Waals surface area (Å²) in [6.45, 7) is 0. The Kier molecular flexibility index (Phi) is 2.92. The average molecular weight is 272 g/mol. The molecule has 0 unspecified atom stereocenters. The predicted molar refractivity (Wildman–Crippen MR) is 50.3 cm³/mol. The molecule has 12 heavy (non-hydrogen) atoms. The molecular formula is C5H4BrClN2O2S. The molecule has 0 aromatic carbocycles. The van der Waals surface area contributed by atoms with Crippen molar-refractivity contribution in [1.82, 2.24) is 4.98 Å². The van der Waals surface area contributed by atoms with Crippen LogP contribution in [0.2, 0.25) is 0 Å². The highest BCUT2D eigenvalue weighted by Crippen LogP contribution is 2.12. The minimum Gasteiger partial charge on any atom is -0.254 e. The van der Waals surface area contributed by atoms with E-state index in [1.54, 1.807) is 6.07 Å². The van der Waals surface area contributed by atoms with Gasteiger partial charge in [-0.3, -0.25) is 4.72 Å². The highest BCUT2D eigenvalue weighted by molar-refractivity contribution is 9.10. The average Bonchev–Trinajstić information content (AvgIpc) is 1.91. The van der Waals surface area contributed by atoms with Crippen LogP contribution >= 0.6 is 26.6 Å². The summed E-state index contributed by atoms with van der Waals surface area (Å²) in [4.78, 5) is 3.74. The molecule has 1 N–H and O–H groups in total. The lowest BCUT2D eigenvalue weighted by atomic mass is 10.5.